The molecule has 0 saturated carbocycles. The summed E-state index contributed by atoms with van der Waals surface area (Å²) in [6.45, 7) is 3.37. The Balaban J connectivity index is 0. The maximum absolute atomic E-state index is 10.6. The fraction of sp³-hybridized carbons (Fsp3) is 0.714. The van der Waals surface area contributed by atoms with Crippen molar-refractivity contribution >= 4 is 11.9 Å². The average Bonchev–Trinajstić information content (AvgIpc) is 2.03. The number of halogens is 3. The van der Waals surface area contributed by atoms with Crippen molar-refractivity contribution < 1.29 is 33.0 Å². The molecule has 0 aliphatic rings. The number of rotatable bonds is 2. The van der Waals surface area contributed by atoms with Gasteiger partial charge in [0, 0.05) is 6.54 Å². The molecule has 15 heavy (non-hydrogen) atoms. The van der Waals surface area contributed by atoms with Crippen molar-refractivity contribution in [3.8, 4) is 0 Å². The number of nitrogens with two attached hydrogens (primary N) is 1. The minimum absolute atomic E-state index is 0.183. The van der Waals surface area contributed by atoms with E-state index in [2.05, 4.69) is 0 Å². The Morgan fingerprint density at radius 2 is 1.40 bits per heavy atom. The summed E-state index contributed by atoms with van der Waals surface area (Å²) in [4.78, 5) is 19.1. The van der Waals surface area contributed by atoms with E-state index in [1.54, 1.807) is 13.8 Å². The van der Waals surface area contributed by atoms with E-state index in [-0.39, 0.29) is 6.54 Å². The summed E-state index contributed by atoms with van der Waals surface area (Å²) in [6, 6.07) is 0. The predicted molar refractivity (Wildman–Crippen MR) is 44.2 cm³/mol. The van der Waals surface area contributed by atoms with Crippen molar-refractivity contribution in [2.45, 2.75) is 20.0 Å². The average molecular weight is 231 g/mol. The Kier molecular flexibility index (Phi) is 5.96. The number of carboxylic acids is 2. The molecule has 0 aromatic heterocycles. The fourth-order valence-electron chi connectivity index (χ4n) is 0.0873. The molecule has 8 heteroatoms. The van der Waals surface area contributed by atoms with E-state index in [0.717, 1.165) is 0 Å². The zero-order chi connectivity index (χ0) is 12.9. The van der Waals surface area contributed by atoms with Crippen LogP contribution in [0, 0.1) is 5.41 Å². The molecule has 0 unspecified atom stereocenters. The first kappa shape index (κ1) is 16.1. The maximum Gasteiger partial charge on any atom is 0.490 e. The summed E-state index contributed by atoms with van der Waals surface area (Å²) in [6.07, 6.45) is -5.08. The van der Waals surface area contributed by atoms with Crippen LogP contribution in [0.25, 0.3) is 0 Å². The highest BCUT2D eigenvalue weighted by atomic mass is 19.4. The normalized spacial score (nSPS) is 11.3. The Labute approximate surface area is 83.7 Å². The maximum atomic E-state index is 10.6. The Morgan fingerprint density at radius 3 is 1.40 bits per heavy atom. The molecule has 5 nitrogen and oxygen atoms in total. The number of aliphatic carboxylic acids is 2. The molecule has 0 heterocycles. The van der Waals surface area contributed by atoms with Crippen molar-refractivity contribution in [1.29, 1.82) is 0 Å². The highest BCUT2D eigenvalue weighted by Gasteiger charge is 2.38. The lowest BCUT2D eigenvalue weighted by atomic mass is 9.95. The lowest BCUT2D eigenvalue weighted by molar-refractivity contribution is -0.192. The minimum Gasteiger partial charge on any atom is -0.481 e. The van der Waals surface area contributed by atoms with E-state index >= 15 is 0 Å². The topological polar surface area (TPSA) is 101 Å². The summed E-state index contributed by atoms with van der Waals surface area (Å²) >= 11 is 0. The molecule has 0 saturated heterocycles. The predicted octanol–water partition coefficient (Wildman–Crippen LogP) is 0.689. The van der Waals surface area contributed by atoms with Crippen molar-refractivity contribution in [2.75, 3.05) is 6.54 Å². The molecule has 0 atom stereocenters. The summed E-state index contributed by atoms with van der Waals surface area (Å²) in [5.74, 6) is -3.60. The molecule has 0 bridgehead atoms. The number of alkyl halides is 3. The first-order chi connectivity index (χ1) is 6.45. The van der Waals surface area contributed by atoms with Crippen molar-refractivity contribution in [2.24, 2.45) is 11.1 Å². The van der Waals surface area contributed by atoms with Crippen LogP contribution in [0.5, 0.6) is 0 Å². The smallest absolute Gasteiger partial charge is 0.481 e. The number of hydrogen-bond donors (Lipinski definition) is 3. The third-order valence-corrected chi connectivity index (χ3v) is 1.33. The van der Waals surface area contributed by atoms with E-state index in [0.29, 0.717) is 0 Å². The van der Waals surface area contributed by atoms with Crippen LogP contribution in [0.4, 0.5) is 13.2 Å². The van der Waals surface area contributed by atoms with Crippen LogP contribution in [0.15, 0.2) is 0 Å². The first-order valence-corrected chi connectivity index (χ1v) is 3.68. The van der Waals surface area contributed by atoms with Crippen LogP contribution in [-0.2, 0) is 9.59 Å². The summed E-state index contributed by atoms with van der Waals surface area (Å²) in [5, 5.41) is 15.5. The van der Waals surface area contributed by atoms with Gasteiger partial charge in [-0.15, -0.1) is 0 Å². The molecule has 4 N–H and O–H groups in total. The quantitative estimate of drug-likeness (QED) is 0.649. The van der Waals surface area contributed by atoms with Crippen molar-refractivity contribution in [3.05, 3.63) is 0 Å². The van der Waals surface area contributed by atoms with Gasteiger partial charge in [0.1, 0.15) is 0 Å². The van der Waals surface area contributed by atoms with Gasteiger partial charge >= 0.3 is 18.1 Å². The lowest BCUT2D eigenvalue weighted by Crippen LogP contribution is -2.32. The zero-order valence-corrected chi connectivity index (χ0v) is 8.13. The second-order valence-corrected chi connectivity index (χ2v) is 3.20. The van der Waals surface area contributed by atoms with Crippen molar-refractivity contribution in [1.82, 2.24) is 0 Å². The number of hydrogen-bond acceptors (Lipinski definition) is 3. The highest BCUT2D eigenvalue weighted by molar-refractivity contribution is 5.73. The van der Waals surface area contributed by atoms with Gasteiger partial charge < -0.3 is 15.9 Å². The molecule has 0 radical (unpaired) electrons. The Hall–Kier alpha value is -1.31. The van der Waals surface area contributed by atoms with E-state index in [1.165, 1.54) is 0 Å². The largest absolute Gasteiger partial charge is 0.490 e. The summed E-state index contributed by atoms with van der Waals surface area (Å²) in [5.41, 5.74) is 4.36. The van der Waals surface area contributed by atoms with Crippen LogP contribution < -0.4 is 5.73 Å². The minimum atomic E-state index is -5.08. The molecule has 0 aliphatic carbocycles. The molecule has 0 aromatic rings. The van der Waals surface area contributed by atoms with E-state index in [4.69, 9.17) is 20.7 Å². The summed E-state index contributed by atoms with van der Waals surface area (Å²) in [7, 11) is 0. The van der Waals surface area contributed by atoms with Gasteiger partial charge in [0.05, 0.1) is 5.41 Å². The molecule has 0 spiro atoms. The van der Waals surface area contributed by atoms with Crippen molar-refractivity contribution in [3.63, 3.8) is 0 Å². The van der Waals surface area contributed by atoms with Crippen LogP contribution >= 0.6 is 0 Å². The Morgan fingerprint density at radius 1 is 1.13 bits per heavy atom. The van der Waals surface area contributed by atoms with Gasteiger partial charge in [-0.25, -0.2) is 4.79 Å². The van der Waals surface area contributed by atoms with Gasteiger partial charge in [0.15, 0.2) is 0 Å². The molecular weight excluding hydrogens is 219 g/mol. The summed E-state index contributed by atoms with van der Waals surface area (Å²) < 4.78 is 31.7. The lowest BCUT2D eigenvalue weighted by Gasteiger charge is -2.14. The number of carbonyl (C=O) groups is 2. The molecule has 0 aromatic carbocycles. The monoisotopic (exact) mass is 231 g/mol. The van der Waals surface area contributed by atoms with Gasteiger partial charge in [-0.05, 0) is 13.8 Å². The van der Waals surface area contributed by atoms with E-state index < -0.39 is 23.5 Å². The van der Waals surface area contributed by atoms with E-state index in [9.17, 15) is 18.0 Å². The van der Waals surface area contributed by atoms with E-state index in [1.807, 2.05) is 0 Å². The molecule has 0 fully saturated rings. The highest BCUT2D eigenvalue weighted by Crippen LogP contribution is 2.13. The molecular formula is C7H12F3NO4. The second kappa shape index (κ2) is 5.54. The van der Waals surface area contributed by atoms with Gasteiger partial charge in [-0.3, -0.25) is 4.79 Å². The fourth-order valence-corrected chi connectivity index (χ4v) is 0.0873. The Bertz CT molecular complexity index is 237. The SMILES string of the molecule is CC(C)(CN)C(=O)O.O=C(O)C(F)(F)F. The van der Waals surface area contributed by atoms with Gasteiger partial charge in [-0.2, -0.15) is 13.2 Å². The second-order valence-electron chi connectivity index (χ2n) is 3.20. The zero-order valence-electron chi connectivity index (χ0n) is 8.13. The molecule has 0 amide bonds. The van der Waals surface area contributed by atoms with Gasteiger partial charge in [-0.1, -0.05) is 0 Å². The standard InChI is InChI=1S/C5H11NO2.C2HF3O2/c1-5(2,3-6)4(7)8;3-2(4,5)1(6)7/h3,6H2,1-2H3,(H,7,8);(H,6,7). The number of carboxylic acid groups (broad SMARTS) is 2. The molecule has 0 aliphatic heterocycles. The molecule has 90 valence electrons. The van der Waals surface area contributed by atoms with Gasteiger partial charge in [0.25, 0.3) is 0 Å². The van der Waals surface area contributed by atoms with Crippen LogP contribution in [0.2, 0.25) is 0 Å². The van der Waals surface area contributed by atoms with Crippen LogP contribution in [0.3, 0.4) is 0 Å². The van der Waals surface area contributed by atoms with Crippen LogP contribution in [0.1, 0.15) is 13.8 Å². The first-order valence-electron chi connectivity index (χ1n) is 3.68. The van der Waals surface area contributed by atoms with Crippen LogP contribution in [-0.4, -0.2) is 34.9 Å². The van der Waals surface area contributed by atoms with Gasteiger partial charge in [0.2, 0.25) is 0 Å². The molecule has 0 rings (SSSR count). The third kappa shape index (κ3) is 7.74. The third-order valence-electron chi connectivity index (χ3n) is 1.33.